The molecule has 1 aliphatic carbocycles. The number of esters is 1. The average Bonchev–Trinajstić information content (AvgIpc) is 3.62. The van der Waals surface area contributed by atoms with Gasteiger partial charge in [0.1, 0.15) is 30.1 Å². The fourth-order valence-electron chi connectivity index (χ4n) is 6.04. The van der Waals surface area contributed by atoms with Crippen LogP contribution in [0.25, 0.3) is 11.2 Å². The Morgan fingerprint density at radius 1 is 1.16 bits per heavy atom. The van der Waals surface area contributed by atoms with Crippen LogP contribution in [0.3, 0.4) is 0 Å². The second-order valence-corrected chi connectivity index (χ2v) is 11.6. The molecule has 2 aromatic heterocycles. The molecule has 0 bridgehead atoms. The summed E-state index contributed by atoms with van der Waals surface area (Å²) in [5.74, 6) is 1.91. The lowest BCUT2D eigenvalue weighted by Gasteiger charge is -2.56. The zero-order valence-electron chi connectivity index (χ0n) is 21.8. The topological polar surface area (TPSA) is 60.5 Å². The van der Waals surface area contributed by atoms with E-state index in [4.69, 9.17) is 14.5 Å². The Morgan fingerprint density at radius 2 is 1.95 bits per heavy atom. The first kappa shape index (κ1) is 24.3. The quantitative estimate of drug-likeness (QED) is 0.328. The number of imidazole rings is 1. The third-order valence-electron chi connectivity index (χ3n) is 8.35. The first-order valence-electron chi connectivity index (χ1n) is 13.3. The number of hydrogen-bond donors (Lipinski definition) is 0. The Labute approximate surface area is 222 Å². The molecule has 2 fully saturated rings. The number of carbonyl (C=O) groups excluding carboxylic acids is 1. The highest BCUT2D eigenvalue weighted by atomic mass is 32.2. The maximum atomic E-state index is 13.6. The van der Waals surface area contributed by atoms with Crippen LogP contribution < -0.4 is 9.30 Å². The highest BCUT2D eigenvalue weighted by Gasteiger charge is 2.49. The highest BCUT2D eigenvalue weighted by molar-refractivity contribution is 8.00. The van der Waals surface area contributed by atoms with E-state index in [2.05, 4.69) is 46.2 Å². The molecule has 8 heteroatoms. The van der Waals surface area contributed by atoms with E-state index in [1.54, 1.807) is 7.11 Å². The first-order valence-corrected chi connectivity index (χ1v) is 14.4. The molecule has 0 spiro atoms. The van der Waals surface area contributed by atoms with Crippen molar-refractivity contribution in [2.24, 2.45) is 5.92 Å². The van der Waals surface area contributed by atoms with Crippen molar-refractivity contribution in [3.63, 3.8) is 0 Å². The molecule has 37 heavy (non-hydrogen) atoms. The third kappa shape index (κ3) is 4.39. The monoisotopic (exact) mass is 519 g/mol. The van der Waals surface area contributed by atoms with Gasteiger partial charge in [-0.15, -0.1) is 11.8 Å². The minimum absolute atomic E-state index is 0.237. The van der Waals surface area contributed by atoms with Crippen molar-refractivity contribution < 1.29 is 18.8 Å². The van der Waals surface area contributed by atoms with Crippen molar-refractivity contribution in [3.05, 3.63) is 65.8 Å². The second kappa shape index (κ2) is 10.0. The Balaban J connectivity index is 1.29. The fraction of sp³-hybridized carbons (Fsp3) is 0.483. The van der Waals surface area contributed by atoms with E-state index in [0.29, 0.717) is 29.9 Å². The lowest BCUT2D eigenvalue weighted by molar-refractivity contribution is -0.664. The maximum absolute atomic E-state index is 13.6. The fourth-order valence-corrected chi connectivity index (χ4v) is 7.63. The Hall–Kier alpha value is -3.00. The standard InChI is InChI=1S/C29H35N4O3S/c1-19-20(2)33-26(29(34)36-16-21-10-12-24(35-3)13-11-21)22(17-37-28(19)33)15-31-14-6-9-25-27(31)30-18-32(25)23-7-4-5-8-23/h6,9-14,18-20,23,28H,4-5,7-8,15-17H2,1-3H3/q+1. The number of thioether (sulfide) groups is 1. The van der Waals surface area contributed by atoms with Gasteiger partial charge in [0, 0.05) is 29.3 Å². The van der Waals surface area contributed by atoms with E-state index in [1.165, 1.54) is 31.2 Å². The number of fused-ring (bicyclic) bond motifs is 2. The van der Waals surface area contributed by atoms with E-state index >= 15 is 0 Å². The summed E-state index contributed by atoms with van der Waals surface area (Å²) in [6.07, 6.45) is 9.10. The van der Waals surface area contributed by atoms with Gasteiger partial charge in [-0.05, 0) is 54.6 Å². The maximum Gasteiger partial charge on any atom is 0.355 e. The van der Waals surface area contributed by atoms with Crippen molar-refractivity contribution in [1.82, 2.24) is 14.5 Å². The van der Waals surface area contributed by atoms with E-state index in [0.717, 1.165) is 34.0 Å². The molecular formula is C29H35N4O3S+. The van der Waals surface area contributed by atoms with Crippen molar-refractivity contribution in [2.75, 3.05) is 12.9 Å². The first-order chi connectivity index (χ1) is 18.0. The molecule has 2 aliphatic heterocycles. The number of methoxy groups -OCH3 is 1. The lowest BCUT2D eigenvalue weighted by Crippen LogP contribution is -2.62. The zero-order valence-corrected chi connectivity index (χ0v) is 22.6. The van der Waals surface area contributed by atoms with Gasteiger partial charge in [0.25, 0.3) is 0 Å². The van der Waals surface area contributed by atoms with E-state index < -0.39 is 0 Å². The summed E-state index contributed by atoms with van der Waals surface area (Å²) in [6, 6.07) is 12.8. The predicted octanol–water partition coefficient (Wildman–Crippen LogP) is 4.86. The Morgan fingerprint density at radius 3 is 2.70 bits per heavy atom. The van der Waals surface area contributed by atoms with Crippen LogP contribution in [0.5, 0.6) is 5.75 Å². The third-order valence-corrected chi connectivity index (χ3v) is 9.86. The zero-order chi connectivity index (χ0) is 25.5. The number of benzene rings is 1. The van der Waals surface area contributed by atoms with Gasteiger partial charge in [0.15, 0.2) is 0 Å². The van der Waals surface area contributed by atoms with Gasteiger partial charge in [-0.2, -0.15) is 0 Å². The molecule has 3 aromatic rings. The number of pyridine rings is 1. The van der Waals surface area contributed by atoms with Crippen LogP contribution in [0.1, 0.15) is 51.1 Å². The molecule has 0 amide bonds. The highest BCUT2D eigenvalue weighted by Crippen LogP contribution is 2.47. The van der Waals surface area contributed by atoms with E-state index in [9.17, 15) is 4.79 Å². The molecular weight excluding hydrogens is 484 g/mol. The molecule has 0 N–H and O–H groups in total. The van der Waals surface area contributed by atoms with E-state index in [-0.39, 0.29) is 12.6 Å². The number of nitrogens with zero attached hydrogens (tertiary/aromatic N) is 4. The summed E-state index contributed by atoms with van der Waals surface area (Å²) in [7, 11) is 1.65. The summed E-state index contributed by atoms with van der Waals surface area (Å²) in [5.41, 5.74) is 4.94. The van der Waals surface area contributed by atoms with Crippen molar-refractivity contribution in [3.8, 4) is 5.75 Å². The number of rotatable bonds is 7. The Kier molecular flexibility index (Phi) is 6.61. The molecule has 1 saturated heterocycles. The largest absolute Gasteiger partial charge is 0.497 e. The molecule has 3 aliphatic rings. The summed E-state index contributed by atoms with van der Waals surface area (Å²) >= 11 is 1.93. The second-order valence-electron chi connectivity index (χ2n) is 10.5. The summed E-state index contributed by atoms with van der Waals surface area (Å²) in [5, 5.41) is 0.324. The summed E-state index contributed by atoms with van der Waals surface area (Å²) in [6.45, 7) is 5.35. The molecule has 7 nitrogen and oxygen atoms in total. The van der Waals surface area contributed by atoms with Gasteiger partial charge < -0.3 is 18.9 Å². The van der Waals surface area contributed by atoms with Crippen LogP contribution in [0.4, 0.5) is 0 Å². The van der Waals surface area contributed by atoms with Crippen LogP contribution >= 0.6 is 11.8 Å². The lowest BCUT2D eigenvalue weighted by atomic mass is 9.89. The molecule has 3 atom stereocenters. The van der Waals surface area contributed by atoms with Gasteiger partial charge in [-0.25, -0.2) is 9.36 Å². The van der Waals surface area contributed by atoms with Crippen molar-refractivity contribution in [1.29, 1.82) is 0 Å². The van der Waals surface area contributed by atoms with Crippen molar-refractivity contribution >= 4 is 28.9 Å². The minimum Gasteiger partial charge on any atom is -0.497 e. The van der Waals surface area contributed by atoms with E-state index in [1.807, 2.05) is 42.4 Å². The number of hydrogen-bond acceptors (Lipinski definition) is 6. The van der Waals surface area contributed by atoms with Crippen molar-refractivity contribution in [2.45, 2.75) is 70.1 Å². The van der Waals surface area contributed by atoms with Crippen LogP contribution in [-0.4, -0.2) is 44.7 Å². The van der Waals surface area contributed by atoms with Crippen LogP contribution in [0.15, 0.2) is 60.2 Å². The summed E-state index contributed by atoms with van der Waals surface area (Å²) in [4.78, 5) is 20.7. The molecule has 194 valence electrons. The molecule has 1 saturated carbocycles. The van der Waals surface area contributed by atoms with Gasteiger partial charge in [0.2, 0.25) is 6.33 Å². The van der Waals surface area contributed by atoms with Gasteiger partial charge in [0.05, 0.1) is 18.7 Å². The van der Waals surface area contributed by atoms with Crippen LogP contribution in [0.2, 0.25) is 0 Å². The minimum atomic E-state index is -0.237. The molecule has 1 aromatic carbocycles. The summed E-state index contributed by atoms with van der Waals surface area (Å²) < 4.78 is 15.7. The average molecular weight is 520 g/mol. The molecule has 6 rings (SSSR count). The number of aromatic nitrogens is 3. The van der Waals surface area contributed by atoms with Crippen LogP contribution in [-0.2, 0) is 22.7 Å². The Bertz CT molecular complexity index is 1330. The molecule has 3 unspecified atom stereocenters. The smallest absolute Gasteiger partial charge is 0.355 e. The molecule has 4 heterocycles. The van der Waals surface area contributed by atoms with Gasteiger partial charge in [-0.3, -0.25) is 0 Å². The van der Waals surface area contributed by atoms with Crippen LogP contribution in [0, 0.1) is 5.92 Å². The molecule has 0 radical (unpaired) electrons. The normalized spacial score (nSPS) is 23.8. The number of carbonyl (C=O) groups is 1. The SMILES string of the molecule is COc1ccc(COC(=O)C2=C(C[n+]3cccc4c3ncn4C3CCCC3)CSC3C(C)C(C)N23)cc1. The van der Waals surface area contributed by atoms with Gasteiger partial charge in [-0.1, -0.05) is 31.9 Å². The number of ether oxygens (including phenoxy) is 2. The van der Waals surface area contributed by atoms with Gasteiger partial charge >= 0.3 is 11.6 Å². The predicted molar refractivity (Wildman–Crippen MR) is 144 cm³/mol.